The van der Waals surface area contributed by atoms with Crippen LogP contribution in [0.3, 0.4) is 0 Å². The van der Waals surface area contributed by atoms with Crippen molar-refractivity contribution in [2.24, 2.45) is 0 Å². The highest BCUT2D eigenvalue weighted by Gasteiger charge is 2.31. The summed E-state index contributed by atoms with van der Waals surface area (Å²) in [5.41, 5.74) is 0.0207. The molecule has 1 fully saturated rings. The third-order valence-electron chi connectivity index (χ3n) is 3.59. The van der Waals surface area contributed by atoms with Gasteiger partial charge in [0.1, 0.15) is 17.1 Å². The molecule has 0 amide bonds. The van der Waals surface area contributed by atoms with Crippen LogP contribution < -0.4 is 4.90 Å². The third kappa shape index (κ3) is 3.73. The van der Waals surface area contributed by atoms with Gasteiger partial charge in [-0.15, -0.1) is 0 Å². The number of benzene rings is 1. The summed E-state index contributed by atoms with van der Waals surface area (Å²) in [4.78, 5) is 10.1. The summed E-state index contributed by atoms with van der Waals surface area (Å²) in [5, 5.41) is 0.292. The van der Waals surface area contributed by atoms with Crippen LogP contribution in [0.1, 0.15) is 17.2 Å². The Morgan fingerprint density at radius 2 is 1.91 bits per heavy atom. The molecule has 0 saturated carbocycles. The topological polar surface area (TPSA) is 38.2 Å². The Kier molecular flexibility index (Phi) is 4.41. The van der Waals surface area contributed by atoms with Crippen molar-refractivity contribution in [3.8, 4) is 0 Å². The first-order valence-electron chi connectivity index (χ1n) is 6.95. The zero-order chi connectivity index (χ0) is 16.4. The minimum atomic E-state index is -4.34. The van der Waals surface area contributed by atoms with Crippen molar-refractivity contribution in [3.63, 3.8) is 0 Å². The van der Waals surface area contributed by atoms with Crippen molar-refractivity contribution in [3.05, 3.63) is 52.9 Å². The fraction of sp³-hybridized carbons (Fsp3) is 0.333. The lowest BCUT2D eigenvalue weighted by atomic mass is 10.1. The van der Waals surface area contributed by atoms with Gasteiger partial charge in [-0.2, -0.15) is 13.2 Å². The average Bonchev–Trinajstić information content (AvgIpc) is 2.54. The van der Waals surface area contributed by atoms with Crippen LogP contribution in [0.25, 0.3) is 0 Å². The summed E-state index contributed by atoms with van der Waals surface area (Å²) < 4.78 is 43.5. The number of aromatic nitrogens is 2. The number of rotatable bonds is 2. The predicted molar refractivity (Wildman–Crippen MR) is 79.4 cm³/mol. The van der Waals surface area contributed by atoms with Gasteiger partial charge in [0, 0.05) is 13.1 Å². The maximum absolute atomic E-state index is 12.6. The van der Waals surface area contributed by atoms with E-state index in [1.807, 2.05) is 4.90 Å². The zero-order valence-corrected chi connectivity index (χ0v) is 12.7. The molecule has 23 heavy (non-hydrogen) atoms. The molecule has 1 aliphatic rings. The Morgan fingerprint density at radius 1 is 1.17 bits per heavy atom. The van der Waals surface area contributed by atoms with Crippen LogP contribution in [0.2, 0.25) is 5.15 Å². The number of morpholine rings is 1. The lowest BCUT2D eigenvalue weighted by Gasteiger charge is -2.33. The average molecular weight is 344 g/mol. The van der Waals surface area contributed by atoms with Gasteiger partial charge in [0.2, 0.25) is 0 Å². The lowest BCUT2D eigenvalue weighted by molar-refractivity contribution is -0.137. The normalized spacial score (nSPS) is 19.0. The summed E-state index contributed by atoms with van der Waals surface area (Å²) in [6.07, 6.45) is -1.62. The molecule has 1 aromatic carbocycles. The van der Waals surface area contributed by atoms with Crippen molar-refractivity contribution in [2.75, 3.05) is 24.6 Å². The Balaban J connectivity index is 1.76. The number of alkyl halides is 3. The van der Waals surface area contributed by atoms with E-state index in [1.165, 1.54) is 18.3 Å². The van der Waals surface area contributed by atoms with Gasteiger partial charge in [-0.25, -0.2) is 4.98 Å². The monoisotopic (exact) mass is 343 g/mol. The molecular weight excluding hydrogens is 331 g/mol. The quantitative estimate of drug-likeness (QED) is 0.833. The van der Waals surface area contributed by atoms with E-state index >= 15 is 0 Å². The molecule has 0 N–H and O–H groups in total. The number of anilines is 1. The van der Waals surface area contributed by atoms with Crippen LogP contribution in [0, 0.1) is 0 Å². The van der Waals surface area contributed by atoms with E-state index in [1.54, 1.807) is 6.20 Å². The molecular formula is C15H13ClF3N3O. The molecule has 0 bridgehead atoms. The summed E-state index contributed by atoms with van der Waals surface area (Å²) in [7, 11) is 0. The fourth-order valence-corrected chi connectivity index (χ4v) is 2.57. The molecule has 2 heterocycles. The van der Waals surface area contributed by atoms with Crippen LogP contribution in [0.5, 0.6) is 0 Å². The molecule has 0 aliphatic carbocycles. The molecule has 8 heteroatoms. The maximum atomic E-state index is 12.6. The van der Waals surface area contributed by atoms with Crippen LogP contribution >= 0.6 is 11.6 Å². The Morgan fingerprint density at radius 3 is 2.57 bits per heavy atom. The highest BCUT2D eigenvalue weighted by atomic mass is 35.5. The number of hydrogen-bond donors (Lipinski definition) is 0. The zero-order valence-electron chi connectivity index (χ0n) is 11.9. The van der Waals surface area contributed by atoms with Gasteiger partial charge in [-0.05, 0) is 17.7 Å². The van der Waals surface area contributed by atoms with E-state index in [4.69, 9.17) is 16.3 Å². The summed E-state index contributed by atoms with van der Waals surface area (Å²) in [6, 6.07) is 5.02. The molecule has 1 saturated heterocycles. The standard InChI is InChI=1S/C15H13ClF3N3O/c16-13-7-20-8-14(21-13)22-5-6-23-12(9-22)10-1-3-11(4-2-10)15(17,18)19/h1-4,7-8,12H,5-6,9H2. The first kappa shape index (κ1) is 16.0. The Bertz CT molecular complexity index is 678. The Hall–Kier alpha value is -1.86. The fourth-order valence-electron chi connectivity index (χ4n) is 2.43. The Labute approximate surface area is 135 Å². The maximum Gasteiger partial charge on any atom is 0.416 e. The van der Waals surface area contributed by atoms with E-state index in [9.17, 15) is 13.2 Å². The van der Waals surface area contributed by atoms with Crippen molar-refractivity contribution in [1.82, 2.24) is 9.97 Å². The van der Waals surface area contributed by atoms with Gasteiger partial charge >= 0.3 is 6.18 Å². The van der Waals surface area contributed by atoms with Crippen molar-refractivity contribution >= 4 is 17.4 Å². The second-order valence-corrected chi connectivity index (χ2v) is 5.51. The van der Waals surface area contributed by atoms with E-state index in [0.717, 1.165) is 12.1 Å². The van der Waals surface area contributed by atoms with Gasteiger partial charge in [0.15, 0.2) is 0 Å². The second-order valence-electron chi connectivity index (χ2n) is 5.13. The highest BCUT2D eigenvalue weighted by Crippen LogP contribution is 2.31. The van der Waals surface area contributed by atoms with Gasteiger partial charge in [0.25, 0.3) is 0 Å². The molecule has 4 nitrogen and oxygen atoms in total. The molecule has 122 valence electrons. The molecule has 1 aromatic heterocycles. The molecule has 0 spiro atoms. The number of hydrogen-bond acceptors (Lipinski definition) is 4. The van der Waals surface area contributed by atoms with Gasteiger partial charge < -0.3 is 9.64 Å². The van der Waals surface area contributed by atoms with Gasteiger partial charge in [-0.3, -0.25) is 4.98 Å². The van der Waals surface area contributed by atoms with Crippen molar-refractivity contribution < 1.29 is 17.9 Å². The highest BCUT2D eigenvalue weighted by molar-refractivity contribution is 6.29. The smallest absolute Gasteiger partial charge is 0.370 e. The number of halogens is 4. The van der Waals surface area contributed by atoms with Crippen LogP contribution in [0.15, 0.2) is 36.7 Å². The molecule has 1 atom stereocenters. The van der Waals surface area contributed by atoms with E-state index in [2.05, 4.69) is 9.97 Å². The first-order valence-corrected chi connectivity index (χ1v) is 7.32. The van der Waals surface area contributed by atoms with E-state index in [0.29, 0.717) is 36.2 Å². The van der Waals surface area contributed by atoms with Crippen LogP contribution in [-0.2, 0) is 10.9 Å². The molecule has 0 radical (unpaired) electrons. The first-order chi connectivity index (χ1) is 10.9. The molecule has 1 aliphatic heterocycles. The summed E-state index contributed by atoms with van der Waals surface area (Å²) >= 11 is 5.84. The van der Waals surface area contributed by atoms with Crippen LogP contribution in [-0.4, -0.2) is 29.7 Å². The SMILES string of the molecule is FC(F)(F)c1ccc(C2CN(c3cncc(Cl)n3)CCO2)cc1. The minimum absolute atomic E-state index is 0.292. The third-order valence-corrected chi connectivity index (χ3v) is 3.77. The largest absolute Gasteiger partial charge is 0.416 e. The van der Waals surface area contributed by atoms with Gasteiger partial charge in [-0.1, -0.05) is 23.7 Å². The minimum Gasteiger partial charge on any atom is -0.370 e. The van der Waals surface area contributed by atoms with Crippen molar-refractivity contribution in [2.45, 2.75) is 12.3 Å². The van der Waals surface area contributed by atoms with Crippen molar-refractivity contribution in [1.29, 1.82) is 0 Å². The van der Waals surface area contributed by atoms with Crippen LogP contribution in [0.4, 0.5) is 19.0 Å². The number of nitrogens with zero attached hydrogens (tertiary/aromatic N) is 3. The molecule has 2 aromatic rings. The molecule has 1 unspecified atom stereocenters. The summed E-state index contributed by atoms with van der Waals surface area (Å²) in [6.45, 7) is 1.53. The number of ether oxygens (including phenoxy) is 1. The predicted octanol–water partition coefficient (Wildman–Crippen LogP) is 3.73. The summed E-state index contributed by atoms with van der Waals surface area (Å²) in [5.74, 6) is 0.623. The lowest BCUT2D eigenvalue weighted by Crippen LogP contribution is -2.38. The van der Waals surface area contributed by atoms with E-state index < -0.39 is 11.7 Å². The van der Waals surface area contributed by atoms with Gasteiger partial charge in [0.05, 0.1) is 24.6 Å². The molecule has 3 rings (SSSR count). The second kappa shape index (κ2) is 6.33. The van der Waals surface area contributed by atoms with E-state index in [-0.39, 0.29) is 6.10 Å².